The Kier molecular flexibility index (Phi) is 5.20. The maximum Gasteiger partial charge on any atom is 0.320 e. The number of benzene rings is 1. The third-order valence-corrected chi connectivity index (χ3v) is 4.15. The molecule has 27 heavy (non-hydrogen) atoms. The highest BCUT2D eigenvalue weighted by Gasteiger charge is 2.16. The highest BCUT2D eigenvalue weighted by Crippen LogP contribution is 2.27. The molecule has 0 saturated heterocycles. The van der Waals surface area contributed by atoms with Crippen molar-refractivity contribution in [1.29, 1.82) is 0 Å². The Hall–Kier alpha value is -3.23. The van der Waals surface area contributed by atoms with Crippen molar-refractivity contribution in [3.63, 3.8) is 0 Å². The van der Waals surface area contributed by atoms with Crippen molar-refractivity contribution in [3.8, 4) is 5.88 Å². The maximum atomic E-state index is 13.4. The first kappa shape index (κ1) is 18.6. The third kappa shape index (κ3) is 3.81. The predicted molar refractivity (Wildman–Crippen MR) is 96.7 cm³/mol. The Morgan fingerprint density at radius 2 is 2.07 bits per heavy atom. The molecule has 142 valence electrons. The van der Waals surface area contributed by atoms with Gasteiger partial charge < -0.3 is 10.1 Å². The lowest BCUT2D eigenvalue weighted by atomic mass is 10.1. The van der Waals surface area contributed by atoms with Crippen molar-refractivity contribution in [1.82, 2.24) is 20.5 Å². The largest absolute Gasteiger partial charge is 0.479 e. The highest BCUT2D eigenvalue weighted by atomic mass is 19.2. The van der Waals surface area contributed by atoms with E-state index < -0.39 is 23.7 Å². The maximum absolute atomic E-state index is 13.4. The number of aromatic nitrogens is 3. The number of amides is 2. The molecule has 7 nitrogen and oxygen atoms in total. The Balaban J connectivity index is 1.76. The summed E-state index contributed by atoms with van der Waals surface area (Å²) < 4.78 is 31.6. The smallest absolute Gasteiger partial charge is 0.320 e. The molecule has 0 aliphatic heterocycles. The summed E-state index contributed by atoms with van der Waals surface area (Å²) in [7, 11) is 1.52. The molecule has 1 atom stereocenters. The topological polar surface area (TPSA) is 91.9 Å². The van der Waals surface area contributed by atoms with Gasteiger partial charge >= 0.3 is 6.03 Å². The van der Waals surface area contributed by atoms with Gasteiger partial charge in [0.2, 0.25) is 5.88 Å². The number of pyridine rings is 1. The molecule has 2 amide bonds. The molecule has 0 spiro atoms. The van der Waals surface area contributed by atoms with Gasteiger partial charge in [0.25, 0.3) is 0 Å². The number of aryl methyl sites for hydroxylation is 1. The molecule has 0 saturated carbocycles. The Labute approximate surface area is 154 Å². The van der Waals surface area contributed by atoms with Crippen LogP contribution in [-0.2, 0) is 6.42 Å². The summed E-state index contributed by atoms with van der Waals surface area (Å²) in [6.07, 6.45) is 0.620. The van der Waals surface area contributed by atoms with E-state index in [0.717, 1.165) is 23.2 Å². The average Bonchev–Trinajstić information content (AvgIpc) is 3.06. The van der Waals surface area contributed by atoms with Gasteiger partial charge in [-0.05, 0) is 31.0 Å². The molecule has 0 aliphatic rings. The van der Waals surface area contributed by atoms with Crippen LogP contribution in [0.1, 0.15) is 31.1 Å². The first-order valence-corrected chi connectivity index (χ1v) is 8.37. The number of carbonyl (C=O) groups excluding carboxylic acids is 1. The van der Waals surface area contributed by atoms with Gasteiger partial charge in [-0.25, -0.2) is 18.6 Å². The van der Waals surface area contributed by atoms with Crippen LogP contribution in [0.25, 0.3) is 10.9 Å². The molecule has 3 rings (SSSR count). The quantitative estimate of drug-likeness (QED) is 0.634. The fourth-order valence-electron chi connectivity index (χ4n) is 2.77. The number of ether oxygens (including phenoxy) is 1. The molecule has 0 bridgehead atoms. The summed E-state index contributed by atoms with van der Waals surface area (Å²) in [6.45, 7) is 3.60. The molecule has 2 aromatic heterocycles. The number of urea groups is 1. The zero-order valence-electron chi connectivity index (χ0n) is 15.1. The number of hydrogen-bond donors (Lipinski definition) is 3. The first-order chi connectivity index (χ1) is 12.9. The summed E-state index contributed by atoms with van der Waals surface area (Å²) in [5.74, 6) is -1.12. The molecule has 3 aromatic rings. The lowest BCUT2D eigenvalue weighted by molar-refractivity contribution is 0.249. The molecule has 1 aromatic carbocycles. The molecule has 0 radical (unpaired) electrons. The average molecular weight is 375 g/mol. The Morgan fingerprint density at radius 3 is 2.74 bits per heavy atom. The van der Waals surface area contributed by atoms with Crippen LogP contribution in [0.5, 0.6) is 5.88 Å². The number of fused-ring (bicyclic) bond motifs is 1. The molecular weight excluding hydrogens is 356 g/mol. The van der Waals surface area contributed by atoms with Crippen molar-refractivity contribution in [2.45, 2.75) is 26.3 Å². The second kappa shape index (κ2) is 7.56. The second-order valence-corrected chi connectivity index (χ2v) is 5.96. The fraction of sp³-hybridized carbons (Fsp3) is 0.278. The molecule has 2 heterocycles. The normalized spacial score (nSPS) is 12.0. The number of anilines is 1. The van der Waals surface area contributed by atoms with Crippen molar-refractivity contribution < 1.29 is 18.3 Å². The summed E-state index contributed by atoms with van der Waals surface area (Å²) in [4.78, 5) is 16.7. The molecule has 3 N–H and O–H groups in total. The number of methoxy groups -OCH3 is 1. The summed E-state index contributed by atoms with van der Waals surface area (Å²) in [6, 6.07) is 4.09. The zero-order chi connectivity index (χ0) is 19.6. The van der Waals surface area contributed by atoms with Crippen molar-refractivity contribution in [2.75, 3.05) is 12.4 Å². The minimum Gasteiger partial charge on any atom is -0.479 e. The highest BCUT2D eigenvalue weighted by molar-refractivity contribution is 5.93. The van der Waals surface area contributed by atoms with Crippen LogP contribution in [0.4, 0.5) is 19.4 Å². The van der Waals surface area contributed by atoms with Crippen LogP contribution in [0.15, 0.2) is 24.3 Å². The first-order valence-electron chi connectivity index (χ1n) is 8.37. The van der Waals surface area contributed by atoms with E-state index in [1.807, 2.05) is 6.92 Å². The van der Waals surface area contributed by atoms with E-state index in [2.05, 4.69) is 25.8 Å². The molecule has 1 unspecified atom stereocenters. The lowest BCUT2D eigenvalue weighted by Gasteiger charge is -2.15. The lowest BCUT2D eigenvalue weighted by Crippen LogP contribution is -2.31. The molecular formula is C18H19F2N5O2. The fourth-order valence-corrected chi connectivity index (χ4v) is 2.77. The van der Waals surface area contributed by atoms with Gasteiger partial charge in [0.15, 0.2) is 11.6 Å². The van der Waals surface area contributed by atoms with Gasteiger partial charge in [-0.2, -0.15) is 0 Å². The van der Waals surface area contributed by atoms with Crippen LogP contribution < -0.4 is 15.4 Å². The Bertz CT molecular complexity index is 989. The van der Waals surface area contributed by atoms with Crippen molar-refractivity contribution in [3.05, 3.63) is 47.2 Å². The Morgan fingerprint density at radius 1 is 1.30 bits per heavy atom. The van der Waals surface area contributed by atoms with Gasteiger partial charge in [0.1, 0.15) is 5.82 Å². The summed E-state index contributed by atoms with van der Waals surface area (Å²) in [5.41, 5.74) is 1.85. The van der Waals surface area contributed by atoms with E-state index >= 15 is 0 Å². The number of nitrogens with one attached hydrogen (secondary N) is 3. The molecule has 9 heteroatoms. The second-order valence-electron chi connectivity index (χ2n) is 5.96. The van der Waals surface area contributed by atoms with Crippen LogP contribution in [0.2, 0.25) is 0 Å². The number of aromatic amines is 1. The minimum absolute atomic E-state index is 0.334. The van der Waals surface area contributed by atoms with Crippen LogP contribution >= 0.6 is 0 Å². The van der Waals surface area contributed by atoms with Gasteiger partial charge in [-0.3, -0.25) is 10.4 Å². The van der Waals surface area contributed by atoms with Crippen molar-refractivity contribution >= 4 is 22.8 Å². The van der Waals surface area contributed by atoms with Gasteiger partial charge in [-0.1, -0.05) is 13.0 Å². The number of H-pyrrole nitrogens is 1. The van der Waals surface area contributed by atoms with E-state index in [4.69, 9.17) is 4.74 Å². The van der Waals surface area contributed by atoms with Crippen LogP contribution in [-0.4, -0.2) is 28.3 Å². The van der Waals surface area contributed by atoms with Gasteiger partial charge in [0, 0.05) is 6.07 Å². The van der Waals surface area contributed by atoms with E-state index in [9.17, 15) is 13.6 Å². The zero-order valence-corrected chi connectivity index (χ0v) is 15.1. The summed E-state index contributed by atoms with van der Waals surface area (Å²) in [5, 5.41) is 13.0. The minimum atomic E-state index is -0.963. The third-order valence-electron chi connectivity index (χ3n) is 4.15. The van der Waals surface area contributed by atoms with Crippen molar-refractivity contribution in [2.24, 2.45) is 0 Å². The predicted octanol–water partition coefficient (Wildman–Crippen LogP) is 3.69. The standard InChI is InChI=1S/C18H19F2N5O2/c1-4-13-16-14(24-25-17(16)27-3)8-15(22-13)23-18(26)21-9(2)10-5-6-11(19)12(20)7-10/h5-9H,4H2,1-3H3,(H,24,25)(H2,21,22,23,26). The summed E-state index contributed by atoms with van der Waals surface area (Å²) >= 11 is 0. The van der Waals surface area contributed by atoms with Gasteiger partial charge in [-0.15, -0.1) is 5.10 Å². The van der Waals surface area contributed by atoms with Crippen LogP contribution in [0.3, 0.4) is 0 Å². The number of halogens is 2. The number of hydrogen-bond acceptors (Lipinski definition) is 4. The van der Waals surface area contributed by atoms with E-state index in [1.165, 1.54) is 13.2 Å². The molecule has 0 aliphatic carbocycles. The monoisotopic (exact) mass is 375 g/mol. The van der Waals surface area contributed by atoms with E-state index in [0.29, 0.717) is 29.2 Å². The van der Waals surface area contributed by atoms with Crippen LogP contribution in [0, 0.1) is 11.6 Å². The number of carbonyl (C=O) groups is 1. The molecule has 0 fully saturated rings. The van der Waals surface area contributed by atoms with Gasteiger partial charge in [0.05, 0.1) is 29.7 Å². The SMILES string of the molecule is CCc1nc(NC(=O)NC(C)c2ccc(F)c(F)c2)cc2[nH]nc(OC)c12. The van der Waals surface area contributed by atoms with E-state index in [-0.39, 0.29) is 0 Å². The number of rotatable bonds is 5. The number of nitrogens with zero attached hydrogens (tertiary/aromatic N) is 2. The van der Waals surface area contributed by atoms with E-state index in [1.54, 1.807) is 13.0 Å².